The minimum absolute atomic E-state index is 0.100. The molecule has 0 saturated heterocycles. The summed E-state index contributed by atoms with van der Waals surface area (Å²) in [4.78, 5) is 16.6. The molecule has 2 heterocycles. The molecule has 112 valence electrons. The fraction of sp³-hybridized carbons (Fsp3) is 0.333. The van der Waals surface area contributed by atoms with Gasteiger partial charge in [-0.2, -0.15) is 0 Å². The van der Waals surface area contributed by atoms with Crippen LogP contribution < -0.4 is 16.4 Å². The number of pyridine rings is 1. The minimum Gasteiger partial charge on any atom is -0.397 e. The molecular formula is C15H20N4OS. The summed E-state index contributed by atoms with van der Waals surface area (Å²) < 4.78 is 0. The van der Waals surface area contributed by atoms with Gasteiger partial charge in [0, 0.05) is 18.9 Å². The Labute approximate surface area is 128 Å². The number of thiophene rings is 1. The Morgan fingerprint density at radius 1 is 1.52 bits per heavy atom. The zero-order chi connectivity index (χ0) is 15.2. The van der Waals surface area contributed by atoms with Crippen molar-refractivity contribution in [2.45, 2.75) is 26.3 Å². The number of nitrogen functional groups attached to an aromatic ring is 1. The van der Waals surface area contributed by atoms with Crippen molar-refractivity contribution in [2.75, 3.05) is 17.6 Å². The minimum atomic E-state index is -0.110. The second kappa shape index (κ2) is 7.08. The van der Waals surface area contributed by atoms with E-state index in [1.54, 1.807) is 12.3 Å². The van der Waals surface area contributed by atoms with Crippen LogP contribution in [0, 0.1) is 0 Å². The normalized spacial score (nSPS) is 11.9. The summed E-state index contributed by atoms with van der Waals surface area (Å²) in [5.74, 6) is -0.110. The molecule has 0 aliphatic rings. The molecule has 0 aliphatic heterocycles. The lowest BCUT2D eigenvalue weighted by atomic mass is 10.1. The highest BCUT2D eigenvalue weighted by atomic mass is 32.1. The fourth-order valence-electron chi connectivity index (χ4n) is 1.90. The summed E-state index contributed by atoms with van der Waals surface area (Å²) in [5, 5.41) is 7.07. The Morgan fingerprint density at radius 2 is 2.33 bits per heavy atom. The summed E-state index contributed by atoms with van der Waals surface area (Å²) in [6.45, 7) is 4.72. The number of rotatable bonds is 6. The first kappa shape index (κ1) is 15.3. The topological polar surface area (TPSA) is 80.0 Å². The van der Waals surface area contributed by atoms with Gasteiger partial charge in [0.2, 0.25) is 0 Å². The standard InChI is InChI=1S/C15H20N4OS/c1-3-6-18-15(20)14-12(16)8-13(21-14)19-10(2)11-5-4-7-17-9-11/h4-5,7-10,19H,3,6,16H2,1-2H3,(H,18,20). The van der Waals surface area contributed by atoms with Gasteiger partial charge in [0.25, 0.3) is 5.91 Å². The number of nitrogens with two attached hydrogens (primary N) is 1. The second-order valence-electron chi connectivity index (χ2n) is 4.80. The van der Waals surface area contributed by atoms with Crippen LogP contribution in [-0.2, 0) is 0 Å². The van der Waals surface area contributed by atoms with E-state index >= 15 is 0 Å². The van der Waals surface area contributed by atoms with Crippen LogP contribution >= 0.6 is 11.3 Å². The van der Waals surface area contributed by atoms with Crippen molar-refractivity contribution in [3.8, 4) is 0 Å². The third-order valence-electron chi connectivity index (χ3n) is 3.05. The van der Waals surface area contributed by atoms with E-state index in [1.807, 2.05) is 32.2 Å². The fourth-order valence-corrected chi connectivity index (χ4v) is 2.88. The summed E-state index contributed by atoms with van der Waals surface area (Å²) in [6.07, 6.45) is 4.47. The molecule has 0 fully saturated rings. The van der Waals surface area contributed by atoms with Crippen molar-refractivity contribution in [3.63, 3.8) is 0 Å². The van der Waals surface area contributed by atoms with Crippen molar-refractivity contribution in [1.29, 1.82) is 0 Å². The van der Waals surface area contributed by atoms with Gasteiger partial charge >= 0.3 is 0 Å². The number of nitrogens with zero attached hydrogens (tertiary/aromatic N) is 1. The van der Waals surface area contributed by atoms with Crippen molar-refractivity contribution in [2.24, 2.45) is 0 Å². The molecule has 0 spiro atoms. The number of carbonyl (C=O) groups excluding carboxylic acids is 1. The van der Waals surface area contributed by atoms with Gasteiger partial charge in [0.1, 0.15) is 4.88 Å². The Balaban J connectivity index is 2.06. The molecule has 0 aliphatic carbocycles. The Hall–Kier alpha value is -2.08. The van der Waals surface area contributed by atoms with Gasteiger partial charge in [0.05, 0.1) is 16.7 Å². The van der Waals surface area contributed by atoms with Crippen molar-refractivity contribution in [3.05, 3.63) is 41.0 Å². The van der Waals surface area contributed by atoms with E-state index in [1.165, 1.54) is 11.3 Å². The van der Waals surface area contributed by atoms with E-state index in [0.717, 1.165) is 17.0 Å². The third kappa shape index (κ3) is 3.95. The number of carbonyl (C=O) groups is 1. The lowest BCUT2D eigenvalue weighted by molar-refractivity contribution is 0.0958. The van der Waals surface area contributed by atoms with Crippen LogP contribution in [0.3, 0.4) is 0 Å². The van der Waals surface area contributed by atoms with E-state index in [0.29, 0.717) is 17.1 Å². The van der Waals surface area contributed by atoms with E-state index in [4.69, 9.17) is 5.73 Å². The summed E-state index contributed by atoms with van der Waals surface area (Å²) in [5.41, 5.74) is 7.52. The molecule has 6 heteroatoms. The van der Waals surface area contributed by atoms with Crippen LogP contribution in [-0.4, -0.2) is 17.4 Å². The van der Waals surface area contributed by atoms with Crippen LogP contribution in [0.15, 0.2) is 30.6 Å². The number of nitrogens with one attached hydrogen (secondary N) is 2. The number of hydrogen-bond acceptors (Lipinski definition) is 5. The number of hydrogen-bond donors (Lipinski definition) is 3. The van der Waals surface area contributed by atoms with Crippen molar-refractivity contribution < 1.29 is 4.79 Å². The molecular weight excluding hydrogens is 284 g/mol. The van der Waals surface area contributed by atoms with Gasteiger partial charge in [0.15, 0.2) is 0 Å². The van der Waals surface area contributed by atoms with Crippen LogP contribution in [0.2, 0.25) is 0 Å². The number of amides is 1. The highest BCUT2D eigenvalue weighted by Gasteiger charge is 2.15. The zero-order valence-electron chi connectivity index (χ0n) is 12.2. The maximum atomic E-state index is 12.0. The molecule has 5 nitrogen and oxygen atoms in total. The molecule has 0 radical (unpaired) electrons. The van der Waals surface area contributed by atoms with Crippen LogP contribution in [0.5, 0.6) is 0 Å². The molecule has 0 bridgehead atoms. The maximum absolute atomic E-state index is 12.0. The highest BCUT2D eigenvalue weighted by molar-refractivity contribution is 7.18. The average molecular weight is 304 g/mol. The SMILES string of the molecule is CCCNC(=O)c1sc(NC(C)c2cccnc2)cc1N. The molecule has 2 aromatic rings. The highest BCUT2D eigenvalue weighted by Crippen LogP contribution is 2.31. The monoisotopic (exact) mass is 304 g/mol. The average Bonchev–Trinajstić information content (AvgIpc) is 2.86. The van der Waals surface area contributed by atoms with E-state index in [-0.39, 0.29) is 11.9 Å². The first-order chi connectivity index (χ1) is 10.1. The van der Waals surface area contributed by atoms with Gasteiger partial charge in [-0.1, -0.05) is 13.0 Å². The molecule has 21 heavy (non-hydrogen) atoms. The predicted molar refractivity (Wildman–Crippen MR) is 87.6 cm³/mol. The van der Waals surface area contributed by atoms with Crippen LogP contribution in [0.1, 0.15) is 41.5 Å². The first-order valence-electron chi connectivity index (χ1n) is 6.95. The van der Waals surface area contributed by atoms with Crippen LogP contribution in [0.4, 0.5) is 10.7 Å². The Bertz CT molecular complexity index is 597. The zero-order valence-corrected chi connectivity index (χ0v) is 13.0. The summed E-state index contributed by atoms with van der Waals surface area (Å²) >= 11 is 1.37. The van der Waals surface area contributed by atoms with Gasteiger partial charge in [-0.15, -0.1) is 11.3 Å². The lowest BCUT2D eigenvalue weighted by Gasteiger charge is -2.13. The first-order valence-corrected chi connectivity index (χ1v) is 7.77. The molecule has 4 N–H and O–H groups in total. The molecule has 1 atom stereocenters. The second-order valence-corrected chi connectivity index (χ2v) is 5.86. The number of anilines is 2. The quantitative estimate of drug-likeness (QED) is 0.766. The van der Waals surface area contributed by atoms with Crippen molar-refractivity contribution >= 4 is 27.9 Å². The van der Waals surface area contributed by atoms with E-state index in [9.17, 15) is 4.79 Å². The Morgan fingerprint density at radius 3 is 3.00 bits per heavy atom. The van der Waals surface area contributed by atoms with Gasteiger partial charge in [-0.05, 0) is 31.0 Å². The van der Waals surface area contributed by atoms with Gasteiger partial charge in [-0.25, -0.2) is 0 Å². The molecule has 1 unspecified atom stereocenters. The molecule has 0 saturated carbocycles. The maximum Gasteiger partial charge on any atom is 0.263 e. The van der Waals surface area contributed by atoms with E-state index < -0.39 is 0 Å². The Kier molecular flexibility index (Phi) is 5.16. The van der Waals surface area contributed by atoms with Crippen LogP contribution in [0.25, 0.3) is 0 Å². The van der Waals surface area contributed by atoms with Gasteiger partial charge < -0.3 is 16.4 Å². The third-order valence-corrected chi connectivity index (χ3v) is 4.13. The summed E-state index contributed by atoms with van der Waals surface area (Å²) in [7, 11) is 0. The number of aromatic nitrogens is 1. The molecule has 2 rings (SSSR count). The molecule has 2 aromatic heterocycles. The van der Waals surface area contributed by atoms with Crippen molar-refractivity contribution in [1.82, 2.24) is 10.3 Å². The van der Waals surface area contributed by atoms with Gasteiger partial charge in [-0.3, -0.25) is 9.78 Å². The predicted octanol–water partition coefficient (Wildman–Crippen LogP) is 3.04. The lowest BCUT2D eigenvalue weighted by Crippen LogP contribution is -2.23. The largest absolute Gasteiger partial charge is 0.397 e. The van der Waals surface area contributed by atoms with E-state index in [2.05, 4.69) is 15.6 Å². The molecule has 1 amide bonds. The summed E-state index contributed by atoms with van der Waals surface area (Å²) in [6, 6.07) is 5.82. The molecule has 0 aromatic carbocycles. The smallest absolute Gasteiger partial charge is 0.263 e.